The SMILES string of the molecule is Cn1cc(-c2ccc(-c3ccnc(Nc4ccc(-n5cnc(N6CCOCC6)n5)cc4)n3)cc2)cn1.O=C(O)C(F)(F)F. The van der Waals surface area contributed by atoms with Crippen molar-refractivity contribution in [2.24, 2.45) is 7.05 Å². The third kappa shape index (κ3) is 7.51. The van der Waals surface area contributed by atoms with Crippen LogP contribution in [0.5, 0.6) is 0 Å². The Bertz CT molecular complexity index is 1660. The van der Waals surface area contributed by atoms with Crippen LogP contribution in [0.1, 0.15) is 0 Å². The van der Waals surface area contributed by atoms with Crippen molar-refractivity contribution in [3.05, 3.63) is 79.5 Å². The predicted octanol–water partition coefficient (Wildman–Crippen LogP) is 4.34. The summed E-state index contributed by atoms with van der Waals surface area (Å²) < 4.78 is 40.7. The second kappa shape index (κ2) is 12.7. The van der Waals surface area contributed by atoms with E-state index in [4.69, 9.17) is 19.6 Å². The average Bonchev–Trinajstić information content (AvgIpc) is 3.68. The van der Waals surface area contributed by atoms with Crippen LogP contribution in [0.2, 0.25) is 0 Å². The van der Waals surface area contributed by atoms with Gasteiger partial charge in [-0.25, -0.2) is 19.4 Å². The Morgan fingerprint density at radius 2 is 1.63 bits per heavy atom. The minimum Gasteiger partial charge on any atom is -0.475 e. The number of nitrogens with zero attached hydrogens (tertiary/aromatic N) is 8. The maximum Gasteiger partial charge on any atom is 0.490 e. The van der Waals surface area contributed by atoms with Crippen LogP contribution >= 0.6 is 0 Å². The van der Waals surface area contributed by atoms with E-state index in [1.165, 1.54) is 0 Å². The van der Waals surface area contributed by atoms with E-state index in [9.17, 15) is 13.2 Å². The maximum absolute atomic E-state index is 10.6. The largest absolute Gasteiger partial charge is 0.490 e. The highest BCUT2D eigenvalue weighted by molar-refractivity contribution is 5.73. The van der Waals surface area contributed by atoms with Crippen molar-refractivity contribution in [2.75, 3.05) is 36.5 Å². The maximum atomic E-state index is 10.6. The van der Waals surface area contributed by atoms with Crippen molar-refractivity contribution in [3.8, 4) is 28.1 Å². The Morgan fingerprint density at radius 1 is 0.953 bits per heavy atom. The molecule has 0 bridgehead atoms. The molecule has 15 heteroatoms. The van der Waals surface area contributed by atoms with Crippen molar-refractivity contribution < 1.29 is 27.8 Å². The van der Waals surface area contributed by atoms with Crippen LogP contribution in [-0.2, 0) is 16.6 Å². The number of alkyl halides is 3. The third-order valence-corrected chi connectivity index (χ3v) is 6.28. The van der Waals surface area contributed by atoms with Crippen LogP contribution in [0.3, 0.4) is 0 Å². The van der Waals surface area contributed by atoms with Gasteiger partial charge in [-0.05, 0) is 35.9 Å². The molecule has 1 saturated heterocycles. The molecule has 0 unspecified atom stereocenters. The van der Waals surface area contributed by atoms with E-state index in [2.05, 4.69) is 54.6 Å². The molecule has 222 valence electrons. The predicted molar refractivity (Wildman–Crippen MR) is 151 cm³/mol. The van der Waals surface area contributed by atoms with Gasteiger partial charge in [0.25, 0.3) is 0 Å². The number of aliphatic carboxylic acids is 1. The quantitative estimate of drug-likeness (QED) is 0.293. The molecule has 0 spiro atoms. The second-order valence-corrected chi connectivity index (χ2v) is 9.31. The first-order valence-corrected chi connectivity index (χ1v) is 13.0. The number of carboxylic acids is 1. The van der Waals surface area contributed by atoms with Crippen LogP contribution in [0.25, 0.3) is 28.1 Å². The van der Waals surface area contributed by atoms with Gasteiger partial charge in [-0.3, -0.25) is 4.68 Å². The highest BCUT2D eigenvalue weighted by Gasteiger charge is 2.38. The van der Waals surface area contributed by atoms with Gasteiger partial charge in [0.05, 0.1) is 30.8 Å². The summed E-state index contributed by atoms with van der Waals surface area (Å²) in [6.45, 7) is 3.02. The van der Waals surface area contributed by atoms with E-state index in [1.807, 2.05) is 49.8 Å². The molecule has 1 fully saturated rings. The summed E-state index contributed by atoms with van der Waals surface area (Å²) in [6, 6.07) is 18.1. The molecular weight excluding hydrogens is 567 g/mol. The van der Waals surface area contributed by atoms with Gasteiger partial charge >= 0.3 is 12.1 Å². The lowest BCUT2D eigenvalue weighted by molar-refractivity contribution is -0.192. The molecular formula is C28H26F3N9O3. The van der Waals surface area contributed by atoms with Crippen molar-refractivity contribution in [3.63, 3.8) is 0 Å². The number of aromatic nitrogens is 7. The monoisotopic (exact) mass is 593 g/mol. The zero-order valence-corrected chi connectivity index (χ0v) is 22.8. The van der Waals surface area contributed by atoms with Crippen LogP contribution in [0, 0.1) is 0 Å². The lowest BCUT2D eigenvalue weighted by Gasteiger charge is -2.25. The summed E-state index contributed by atoms with van der Waals surface area (Å²) >= 11 is 0. The molecule has 43 heavy (non-hydrogen) atoms. The summed E-state index contributed by atoms with van der Waals surface area (Å²) in [4.78, 5) is 24.6. The number of hydrogen-bond acceptors (Lipinski definition) is 9. The van der Waals surface area contributed by atoms with E-state index in [0.29, 0.717) is 19.2 Å². The average molecular weight is 594 g/mol. The topological polar surface area (TPSA) is 136 Å². The number of anilines is 3. The number of nitrogens with one attached hydrogen (secondary N) is 1. The number of morpholine rings is 1. The fourth-order valence-electron chi connectivity index (χ4n) is 4.10. The van der Waals surface area contributed by atoms with Crippen molar-refractivity contribution in [2.45, 2.75) is 6.18 Å². The number of benzene rings is 2. The molecule has 4 heterocycles. The molecule has 12 nitrogen and oxygen atoms in total. The number of halogens is 3. The van der Waals surface area contributed by atoms with Gasteiger partial charge in [0, 0.05) is 49.3 Å². The highest BCUT2D eigenvalue weighted by Crippen LogP contribution is 2.25. The smallest absolute Gasteiger partial charge is 0.475 e. The Labute approximate surface area is 243 Å². The van der Waals surface area contributed by atoms with E-state index < -0.39 is 12.1 Å². The summed E-state index contributed by atoms with van der Waals surface area (Å²) in [5, 5.41) is 19.3. The minimum atomic E-state index is -5.08. The van der Waals surface area contributed by atoms with E-state index in [0.717, 1.165) is 52.8 Å². The van der Waals surface area contributed by atoms with Crippen LogP contribution in [-0.4, -0.2) is 78.1 Å². The third-order valence-electron chi connectivity index (χ3n) is 6.28. The van der Waals surface area contributed by atoms with Crippen LogP contribution in [0.15, 0.2) is 79.5 Å². The van der Waals surface area contributed by atoms with Gasteiger partial charge in [0.15, 0.2) is 0 Å². The minimum absolute atomic E-state index is 0.534. The van der Waals surface area contributed by atoms with Gasteiger partial charge in [-0.1, -0.05) is 24.3 Å². The molecule has 3 aromatic heterocycles. The second-order valence-electron chi connectivity index (χ2n) is 9.31. The van der Waals surface area contributed by atoms with Crippen LogP contribution in [0.4, 0.5) is 30.8 Å². The number of rotatable bonds is 6. The zero-order valence-electron chi connectivity index (χ0n) is 22.8. The van der Waals surface area contributed by atoms with Gasteiger partial charge in [-0.2, -0.15) is 23.3 Å². The van der Waals surface area contributed by atoms with Crippen molar-refractivity contribution in [1.82, 2.24) is 34.5 Å². The molecule has 1 aliphatic heterocycles. The van der Waals surface area contributed by atoms with Gasteiger partial charge < -0.3 is 20.1 Å². The Hall–Kier alpha value is -5.31. The Morgan fingerprint density at radius 3 is 2.26 bits per heavy atom. The lowest BCUT2D eigenvalue weighted by atomic mass is 10.1. The lowest BCUT2D eigenvalue weighted by Crippen LogP contribution is -2.37. The van der Waals surface area contributed by atoms with E-state index in [-0.39, 0.29) is 0 Å². The van der Waals surface area contributed by atoms with E-state index in [1.54, 1.807) is 21.9 Å². The molecule has 2 aromatic carbocycles. The van der Waals surface area contributed by atoms with E-state index >= 15 is 0 Å². The van der Waals surface area contributed by atoms with Gasteiger partial charge in [0.1, 0.15) is 6.33 Å². The molecule has 0 amide bonds. The normalized spacial score (nSPS) is 13.3. The molecule has 0 radical (unpaired) electrons. The Kier molecular flexibility index (Phi) is 8.61. The van der Waals surface area contributed by atoms with Gasteiger partial charge in [0.2, 0.25) is 11.9 Å². The standard InChI is InChI=1S/C26H25N9O.C2HF3O2/c1-33-17-21(16-29-33)19-2-4-20(5-3-19)24-10-11-27-25(31-24)30-22-6-8-23(9-7-22)35-18-28-26(32-35)34-12-14-36-15-13-34;3-2(4,5)1(6)7/h2-11,16-18H,12-15H2,1H3,(H,27,30,31);(H,6,7). The Balaban J connectivity index is 0.000000472. The summed E-state index contributed by atoms with van der Waals surface area (Å²) in [5.41, 5.74) is 5.88. The first kappa shape index (κ1) is 29.2. The fourth-order valence-corrected chi connectivity index (χ4v) is 4.10. The van der Waals surface area contributed by atoms with Crippen molar-refractivity contribution in [1.29, 1.82) is 0 Å². The number of carboxylic acid groups (broad SMARTS) is 1. The fraction of sp³-hybridized carbons (Fsp3) is 0.214. The highest BCUT2D eigenvalue weighted by atomic mass is 19.4. The zero-order chi connectivity index (χ0) is 30.4. The number of hydrogen-bond donors (Lipinski definition) is 2. The summed E-state index contributed by atoms with van der Waals surface area (Å²) in [5.74, 6) is -1.50. The molecule has 0 atom stereocenters. The molecule has 2 N–H and O–H groups in total. The molecule has 0 saturated carbocycles. The number of carbonyl (C=O) groups is 1. The number of aryl methyl sites for hydroxylation is 1. The first-order valence-electron chi connectivity index (χ1n) is 13.0. The molecule has 1 aliphatic rings. The molecule has 0 aliphatic carbocycles. The number of ether oxygens (including phenoxy) is 1. The summed E-state index contributed by atoms with van der Waals surface area (Å²) in [7, 11) is 1.91. The van der Waals surface area contributed by atoms with Crippen LogP contribution < -0.4 is 10.2 Å². The molecule has 6 rings (SSSR count). The summed E-state index contributed by atoms with van der Waals surface area (Å²) in [6.07, 6.45) is 2.27. The van der Waals surface area contributed by atoms with Gasteiger partial charge in [-0.15, -0.1) is 5.10 Å². The molecule has 5 aromatic rings. The first-order chi connectivity index (χ1) is 20.7. The van der Waals surface area contributed by atoms with Crippen molar-refractivity contribution >= 4 is 23.6 Å².